The lowest BCUT2D eigenvalue weighted by Gasteiger charge is -2.35. The van der Waals surface area contributed by atoms with Crippen molar-refractivity contribution in [1.82, 2.24) is 9.62 Å². The van der Waals surface area contributed by atoms with Crippen LogP contribution < -0.4 is 4.72 Å². The summed E-state index contributed by atoms with van der Waals surface area (Å²) in [5.41, 5.74) is 2.29. The molecule has 1 fully saturated rings. The van der Waals surface area contributed by atoms with Crippen molar-refractivity contribution in [3.05, 3.63) is 64.1 Å². The van der Waals surface area contributed by atoms with Gasteiger partial charge in [-0.3, -0.25) is 4.90 Å². The van der Waals surface area contributed by atoms with Gasteiger partial charge in [-0.1, -0.05) is 45.8 Å². The van der Waals surface area contributed by atoms with Crippen molar-refractivity contribution < 1.29 is 13.2 Å². The highest BCUT2D eigenvalue weighted by molar-refractivity contribution is 9.10. The minimum absolute atomic E-state index is 0.0234. The molecule has 1 aliphatic rings. The zero-order valence-corrected chi connectivity index (χ0v) is 17.1. The van der Waals surface area contributed by atoms with Gasteiger partial charge >= 0.3 is 0 Å². The molecule has 2 aromatic carbocycles. The quantitative estimate of drug-likeness (QED) is 0.752. The van der Waals surface area contributed by atoms with Gasteiger partial charge in [-0.2, -0.15) is 0 Å². The van der Waals surface area contributed by atoms with E-state index in [2.05, 4.69) is 49.8 Å². The molecule has 1 aliphatic heterocycles. The van der Waals surface area contributed by atoms with Crippen LogP contribution >= 0.6 is 15.9 Å². The predicted molar refractivity (Wildman–Crippen MR) is 106 cm³/mol. The largest absolute Gasteiger partial charge is 0.379 e. The van der Waals surface area contributed by atoms with Gasteiger partial charge in [0.05, 0.1) is 18.1 Å². The Kier molecular flexibility index (Phi) is 6.47. The molecule has 1 atom stereocenters. The molecule has 2 aromatic rings. The summed E-state index contributed by atoms with van der Waals surface area (Å²) in [7, 11) is -3.56. The Morgan fingerprint density at radius 2 is 1.69 bits per heavy atom. The van der Waals surface area contributed by atoms with E-state index >= 15 is 0 Å². The standard InChI is InChI=1S/C19H23BrN2O3S/c1-15-2-4-16(5-3-15)19(22-10-12-25-13-11-22)14-21-26(23,24)18-8-6-17(20)7-9-18/h2-9,19,21H,10-14H2,1H3/t19-/m0/s1. The van der Waals surface area contributed by atoms with E-state index in [1.165, 1.54) is 5.56 Å². The van der Waals surface area contributed by atoms with Gasteiger partial charge in [-0.15, -0.1) is 0 Å². The molecular formula is C19H23BrN2O3S. The smallest absolute Gasteiger partial charge is 0.240 e. The predicted octanol–water partition coefficient (Wildman–Crippen LogP) is 3.11. The van der Waals surface area contributed by atoms with Crippen molar-refractivity contribution >= 4 is 26.0 Å². The summed E-state index contributed by atoms with van der Waals surface area (Å²) in [6.45, 7) is 5.28. The van der Waals surface area contributed by atoms with Gasteiger partial charge in [0, 0.05) is 30.1 Å². The topological polar surface area (TPSA) is 58.6 Å². The highest BCUT2D eigenvalue weighted by Gasteiger charge is 2.25. The van der Waals surface area contributed by atoms with E-state index in [4.69, 9.17) is 4.74 Å². The fraction of sp³-hybridized carbons (Fsp3) is 0.368. The number of hydrogen-bond acceptors (Lipinski definition) is 4. The Balaban J connectivity index is 1.78. The minimum atomic E-state index is -3.56. The molecule has 0 spiro atoms. The van der Waals surface area contributed by atoms with Gasteiger partial charge in [-0.05, 0) is 36.8 Å². The average Bonchev–Trinajstić information content (AvgIpc) is 2.64. The molecule has 0 saturated carbocycles. The van der Waals surface area contributed by atoms with E-state index in [1.807, 2.05) is 6.92 Å². The van der Waals surface area contributed by atoms with Gasteiger partial charge < -0.3 is 4.74 Å². The summed E-state index contributed by atoms with van der Waals surface area (Å²) in [5, 5.41) is 0. The van der Waals surface area contributed by atoms with Gasteiger partial charge in [-0.25, -0.2) is 13.1 Å². The van der Waals surface area contributed by atoms with Crippen molar-refractivity contribution in [3.8, 4) is 0 Å². The third-order valence-corrected chi connectivity index (χ3v) is 6.51. The van der Waals surface area contributed by atoms with Crippen LogP contribution in [0.2, 0.25) is 0 Å². The zero-order chi connectivity index (χ0) is 18.6. The van der Waals surface area contributed by atoms with Gasteiger partial charge in [0.1, 0.15) is 0 Å². The maximum absolute atomic E-state index is 12.6. The Morgan fingerprint density at radius 3 is 2.31 bits per heavy atom. The number of morpholine rings is 1. The molecule has 0 aliphatic carbocycles. The first-order chi connectivity index (χ1) is 12.5. The maximum atomic E-state index is 12.6. The van der Waals surface area contributed by atoms with E-state index in [0.717, 1.165) is 23.1 Å². The van der Waals surface area contributed by atoms with Crippen molar-refractivity contribution in [2.45, 2.75) is 17.9 Å². The SMILES string of the molecule is Cc1ccc([C@H](CNS(=O)(=O)c2ccc(Br)cc2)N2CCOCC2)cc1. The summed E-state index contributed by atoms with van der Waals surface area (Å²) in [6, 6.07) is 14.9. The van der Waals surface area contributed by atoms with E-state index < -0.39 is 10.0 Å². The van der Waals surface area contributed by atoms with Crippen LogP contribution in [0.25, 0.3) is 0 Å². The van der Waals surface area contributed by atoms with E-state index in [-0.39, 0.29) is 10.9 Å². The van der Waals surface area contributed by atoms with Crippen LogP contribution in [0.4, 0.5) is 0 Å². The fourth-order valence-electron chi connectivity index (χ4n) is 3.02. The second-order valence-corrected chi connectivity index (χ2v) is 9.06. The molecule has 0 aromatic heterocycles. The minimum Gasteiger partial charge on any atom is -0.379 e. The zero-order valence-electron chi connectivity index (χ0n) is 14.7. The Labute approximate surface area is 163 Å². The maximum Gasteiger partial charge on any atom is 0.240 e. The molecule has 26 heavy (non-hydrogen) atoms. The third kappa shape index (κ3) is 4.92. The summed E-state index contributed by atoms with van der Waals surface area (Å²) in [5.74, 6) is 0. The van der Waals surface area contributed by atoms with Crippen molar-refractivity contribution in [2.75, 3.05) is 32.8 Å². The number of sulfonamides is 1. The number of aryl methyl sites for hydroxylation is 1. The molecule has 1 saturated heterocycles. The van der Waals surface area contributed by atoms with Crippen LogP contribution in [0.1, 0.15) is 17.2 Å². The summed E-state index contributed by atoms with van der Waals surface area (Å²) >= 11 is 3.33. The van der Waals surface area contributed by atoms with Crippen LogP contribution in [0.15, 0.2) is 57.9 Å². The van der Waals surface area contributed by atoms with Crippen molar-refractivity contribution in [3.63, 3.8) is 0 Å². The first-order valence-corrected chi connectivity index (χ1v) is 10.9. The lowest BCUT2D eigenvalue weighted by molar-refractivity contribution is 0.0172. The van der Waals surface area contributed by atoms with Crippen LogP contribution in [0, 0.1) is 6.92 Å². The number of rotatable bonds is 6. The molecule has 0 amide bonds. The van der Waals surface area contributed by atoms with Crippen molar-refractivity contribution in [2.24, 2.45) is 0 Å². The molecule has 140 valence electrons. The molecule has 3 rings (SSSR count). The normalized spacial score (nSPS) is 17.2. The lowest BCUT2D eigenvalue weighted by atomic mass is 10.0. The van der Waals surface area contributed by atoms with Crippen LogP contribution in [-0.4, -0.2) is 46.2 Å². The van der Waals surface area contributed by atoms with Gasteiger partial charge in [0.25, 0.3) is 0 Å². The van der Waals surface area contributed by atoms with Gasteiger partial charge in [0.15, 0.2) is 0 Å². The molecule has 1 N–H and O–H groups in total. The highest BCUT2D eigenvalue weighted by Crippen LogP contribution is 2.23. The fourth-order valence-corrected chi connectivity index (χ4v) is 4.32. The summed E-state index contributed by atoms with van der Waals surface area (Å²) in [6.07, 6.45) is 0. The molecule has 0 bridgehead atoms. The Bertz CT molecular complexity index is 817. The number of ether oxygens (including phenoxy) is 1. The Hall–Kier alpha value is -1.25. The molecule has 7 heteroatoms. The van der Waals surface area contributed by atoms with E-state index in [1.54, 1.807) is 24.3 Å². The number of hydrogen-bond donors (Lipinski definition) is 1. The summed E-state index contributed by atoms with van der Waals surface area (Å²) < 4.78 is 34.4. The molecule has 5 nitrogen and oxygen atoms in total. The first kappa shape index (κ1) is 19.5. The summed E-state index contributed by atoms with van der Waals surface area (Å²) in [4.78, 5) is 2.54. The number of nitrogens with one attached hydrogen (secondary N) is 1. The monoisotopic (exact) mass is 438 g/mol. The average molecular weight is 439 g/mol. The molecular weight excluding hydrogens is 416 g/mol. The van der Waals surface area contributed by atoms with E-state index in [9.17, 15) is 8.42 Å². The number of benzene rings is 2. The third-order valence-electron chi connectivity index (χ3n) is 4.54. The lowest BCUT2D eigenvalue weighted by Crippen LogP contribution is -2.43. The second-order valence-electron chi connectivity index (χ2n) is 6.38. The van der Waals surface area contributed by atoms with Crippen LogP contribution in [0.3, 0.4) is 0 Å². The number of nitrogens with zero attached hydrogens (tertiary/aromatic N) is 1. The second kappa shape index (κ2) is 8.63. The van der Waals surface area contributed by atoms with Crippen molar-refractivity contribution in [1.29, 1.82) is 0 Å². The van der Waals surface area contributed by atoms with Gasteiger partial charge in [0.2, 0.25) is 10.0 Å². The first-order valence-electron chi connectivity index (χ1n) is 8.59. The molecule has 0 radical (unpaired) electrons. The molecule has 0 unspecified atom stereocenters. The highest BCUT2D eigenvalue weighted by atomic mass is 79.9. The Morgan fingerprint density at radius 1 is 1.08 bits per heavy atom. The van der Waals surface area contributed by atoms with Crippen LogP contribution in [-0.2, 0) is 14.8 Å². The molecule has 1 heterocycles. The van der Waals surface area contributed by atoms with Crippen LogP contribution in [0.5, 0.6) is 0 Å². The number of halogens is 1. The van der Waals surface area contributed by atoms with E-state index in [0.29, 0.717) is 19.8 Å².